The molecular weight excluding hydrogens is 523 g/mol. The van der Waals surface area contributed by atoms with Crippen LogP contribution in [0.4, 0.5) is 13.2 Å². The highest BCUT2D eigenvalue weighted by molar-refractivity contribution is 8.18. The van der Waals surface area contributed by atoms with Crippen molar-refractivity contribution < 1.29 is 18.0 Å². The van der Waals surface area contributed by atoms with Gasteiger partial charge in [0.2, 0.25) is 0 Å². The van der Waals surface area contributed by atoms with Gasteiger partial charge in [-0.3, -0.25) is 14.5 Å². The molecule has 0 aliphatic carbocycles. The van der Waals surface area contributed by atoms with Crippen molar-refractivity contribution in [2.45, 2.75) is 19.3 Å². The zero-order valence-electron chi connectivity index (χ0n) is 19.4. The fourth-order valence-corrected chi connectivity index (χ4v) is 5.02. The maximum atomic E-state index is 13.5. The predicted octanol–water partition coefficient (Wildman–Crippen LogP) is 6.25. The van der Waals surface area contributed by atoms with Gasteiger partial charge in [-0.15, -0.1) is 0 Å². The molecule has 0 unspecified atom stereocenters. The molecular formula is C26H19ClF3N5OS. The Hall–Kier alpha value is -3.63. The van der Waals surface area contributed by atoms with E-state index in [4.69, 9.17) is 11.6 Å². The molecule has 1 aliphatic rings. The van der Waals surface area contributed by atoms with E-state index < -0.39 is 11.7 Å². The van der Waals surface area contributed by atoms with Gasteiger partial charge >= 0.3 is 6.18 Å². The second-order valence-corrected chi connectivity index (χ2v) is 9.89. The summed E-state index contributed by atoms with van der Waals surface area (Å²) in [5.41, 5.74) is 1.72. The van der Waals surface area contributed by atoms with Gasteiger partial charge in [0.25, 0.3) is 5.91 Å². The van der Waals surface area contributed by atoms with Gasteiger partial charge in [-0.25, -0.2) is 0 Å². The van der Waals surface area contributed by atoms with Gasteiger partial charge < -0.3 is 4.90 Å². The van der Waals surface area contributed by atoms with Crippen LogP contribution in [0.25, 0.3) is 17.0 Å². The number of alkyl halides is 3. The van der Waals surface area contributed by atoms with E-state index in [1.165, 1.54) is 28.6 Å². The number of fused-ring (bicyclic) bond motifs is 1. The minimum Gasteiger partial charge on any atom is -0.349 e. The summed E-state index contributed by atoms with van der Waals surface area (Å²) < 4.78 is 42.0. The van der Waals surface area contributed by atoms with Crippen molar-refractivity contribution >= 4 is 51.4 Å². The molecule has 0 atom stereocenters. The molecule has 0 saturated carbocycles. The molecule has 0 N–H and O–H groups in total. The molecule has 6 nitrogen and oxygen atoms in total. The predicted molar refractivity (Wildman–Crippen MR) is 139 cm³/mol. The first kappa shape index (κ1) is 25.0. The van der Waals surface area contributed by atoms with Crippen LogP contribution in [0.2, 0.25) is 5.02 Å². The molecule has 37 heavy (non-hydrogen) atoms. The molecule has 1 aliphatic heterocycles. The van der Waals surface area contributed by atoms with Crippen LogP contribution in [0.3, 0.4) is 0 Å². The standard InChI is InChI=1S/C26H19ClF3N5OS/c1-34(14-17-3-2-8-31-12-17)25-33-24(36)23(37-25)10-16-4-7-22-19(9-16)13-32-35(22)15-18-5-6-20(27)11-21(18)26(28,29)30/h2-13H,14-15H2,1H3/b23-10-. The number of nitrogens with zero attached hydrogens (tertiary/aromatic N) is 5. The van der Waals surface area contributed by atoms with Crippen LogP contribution >= 0.6 is 23.4 Å². The smallest absolute Gasteiger partial charge is 0.349 e. The van der Waals surface area contributed by atoms with Crippen LogP contribution in [0, 0.1) is 0 Å². The van der Waals surface area contributed by atoms with E-state index in [9.17, 15) is 18.0 Å². The Labute approximate surface area is 219 Å². The topological polar surface area (TPSA) is 63.4 Å². The second kappa shape index (κ2) is 10.0. The number of carbonyl (C=O) groups excluding carboxylic acids is 1. The van der Waals surface area contributed by atoms with Crippen LogP contribution in [-0.4, -0.2) is 37.8 Å². The number of amidine groups is 1. The highest BCUT2D eigenvalue weighted by Gasteiger charge is 2.33. The summed E-state index contributed by atoms with van der Waals surface area (Å²) in [6.45, 7) is 0.500. The van der Waals surface area contributed by atoms with Crippen LogP contribution in [0.1, 0.15) is 22.3 Å². The fourth-order valence-electron chi connectivity index (χ4n) is 3.98. The molecule has 5 rings (SSSR count). The number of carbonyl (C=O) groups is 1. The lowest BCUT2D eigenvalue weighted by atomic mass is 10.1. The van der Waals surface area contributed by atoms with Gasteiger partial charge in [0.15, 0.2) is 5.17 Å². The van der Waals surface area contributed by atoms with Gasteiger partial charge in [-0.05, 0) is 64.9 Å². The van der Waals surface area contributed by atoms with Gasteiger partial charge in [-0.2, -0.15) is 23.3 Å². The van der Waals surface area contributed by atoms with Crippen molar-refractivity contribution in [2.75, 3.05) is 7.05 Å². The number of aliphatic imine (C=N–C) groups is 1. The zero-order chi connectivity index (χ0) is 26.2. The molecule has 2 aromatic carbocycles. The molecule has 188 valence electrons. The normalized spacial score (nSPS) is 15.0. The molecule has 0 radical (unpaired) electrons. The van der Waals surface area contributed by atoms with Crippen molar-refractivity contribution in [3.63, 3.8) is 0 Å². The number of rotatable bonds is 5. The summed E-state index contributed by atoms with van der Waals surface area (Å²) in [7, 11) is 1.86. The van der Waals surface area contributed by atoms with Crippen molar-refractivity contribution in [1.29, 1.82) is 0 Å². The molecule has 1 amide bonds. The van der Waals surface area contributed by atoms with Gasteiger partial charge in [0, 0.05) is 36.4 Å². The monoisotopic (exact) mass is 541 g/mol. The van der Waals surface area contributed by atoms with E-state index in [-0.39, 0.29) is 23.0 Å². The number of hydrogen-bond acceptors (Lipinski definition) is 5. The first-order chi connectivity index (χ1) is 17.7. The summed E-state index contributed by atoms with van der Waals surface area (Å²) in [4.78, 5) is 23.2. The Morgan fingerprint density at radius 3 is 2.73 bits per heavy atom. The number of halogens is 4. The zero-order valence-corrected chi connectivity index (χ0v) is 21.0. The molecule has 4 aromatic rings. The van der Waals surface area contributed by atoms with Gasteiger partial charge in [0.05, 0.1) is 28.7 Å². The number of thioether (sulfide) groups is 1. The molecule has 0 saturated heterocycles. The minimum atomic E-state index is -4.53. The molecule has 11 heteroatoms. The first-order valence-corrected chi connectivity index (χ1v) is 12.3. The summed E-state index contributed by atoms with van der Waals surface area (Å²) in [6, 6.07) is 12.9. The number of aromatic nitrogens is 3. The average molecular weight is 542 g/mol. The number of pyridine rings is 1. The lowest BCUT2D eigenvalue weighted by molar-refractivity contribution is -0.138. The summed E-state index contributed by atoms with van der Waals surface area (Å²) in [5.74, 6) is -0.323. The van der Waals surface area contributed by atoms with Crippen molar-refractivity contribution in [2.24, 2.45) is 4.99 Å². The van der Waals surface area contributed by atoms with Gasteiger partial charge in [0.1, 0.15) is 0 Å². The summed E-state index contributed by atoms with van der Waals surface area (Å²) in [6.07, 6.45) is 2.28. The SMILES string of the molecule is CN(Cc1cccnc1)C1=NC(=O)/C(=C/c2ccc3c(cnn3Cc3ccc(Cl)cc3C(F)(F)F)c2)S1. The molecule has 3 heterocycles. The Balaban J connectivity index is 1.34. The Morgan fingerprint density at radius 2 is 1.97 bits per heavy atom. The maximum Gasteiger partial charge on any atom is 0.416 e. The van der Waals surface area contributed by atoms with E-state index in [2.05, 4.69) is 15.1 Å². The van der Waals surface area contributed by atoms with Gasteiger partial charge in [-0.1, -0.05) is 29.8 Å². The van der Waals surface area contributed by atoms with Crippen molar-refractivity contribution in [1.82, 2.24) is 19.7 Å². The lowest BCUT2D eigenvalue weighted by Gasteiger charge is -2.17. The van der Waals surface area contributed by atoms with Crippen molar-refractivity contribution in [3.05, 3.63) is 99.3 Å². The molecule has 0 bridgehead atoms. The number of benzene rings is 2. The molecule has 0 fully saturated rings. The third kappa shape index (κ3) is 5.55. The largest absolute Gasteiger partial charge is 0.416 e. The third-order valence-electron chi connectivity index (χ3n) is 5.74. The molecule has 0 spiro atoms. The van der Waals surface area contributed by atoms with E-state index in [0.717, 1.165) is 22.6 Å². The van der Waals surface area contributed by atoms with Crippen LogP contribution in [0.5, 0.6) is 0 Å². The summed E-state index contributed by atoms with van der Waals surface area (Å²) >= 11 is 7.08. The Bertz CT molecular complexity index is 1550. The van der Waals surface area contributed by atoms with Crippen LogP contribution in [0.15, 0.2) is 77.0 Å². The Kier molecular flexibility index (Phi) is 6.78. The lowest BCUT2D eigenvalue weighted by Crippen LogP contribution is -2.22. The van der Waals surface area contributed by atoms with Crippen LogP contribution < -0.4 is 0 Å². The number of hydrogen-bond donors (Lipinski definition) is 0. The van der Waals surface area contributed by atoms with Crippen molar-refractivity contribution in [3.8, 4) is 0 Å². The van der Waals surface area contributed by atoms with Crippen LogP contribution in [-0.2, 0) is 24.1 Å². The first-order valence-electron chi connectivity index (χ1n) is 11.1. The van der Waals surface area contributed by atoms with E-state index in [1.54, 1.807) is 36.8 Å². The van der Waals surface area contributed by atoms with E-state index >= 15 is 0 Å². The quantitative estimate of drug-likeness (QED) is 0.279. The maximum absolute atomic E-state index is 13.5. The summed E-state index contributed by atoms with van der Waals surface area (Å²) in [5, 5.41) is 5.64. The van der Waals surface area contributed by atoms with E-state index in [0.29, 0.717) is 22.1 Å². The highest BCUT2D eigenvalue weighted by atomic mass is 35.5. The Morgan fingerprint density at radius 1 is 1.14 bits per heavy atom. The fraction of sp³-hybridized carbons (Fsp3) is 0.154. The second-order valence-electron chi connectivity index (χ2n) is 8.45. The highest BCUT2D eigenvalue weighted by Crippen LogP contribution is 2.35. The average Bonchev–Trinajstić information content (AvgIpc) is 3.43. The number of amides is 1. The third-order valence-corrected chi connectivity index (χ3v) is 7.07. The minimum absolute atomic E-state index is 0.0220. The van der Waals surface area contributed by atoms with E-state index in [1.807, 2.05) is 30.1 Å². The molecule has 2 aromatic heterocycles.